The quantitative estimate of drug-likeness (QED) is 0.723. The Bertz CT molecular complexity index is 431. The summed E-state index contributed by atoms with van der Waals surface area (Å²) in [6, 6.07) is 9.67. The van der Waals surface area contributed by atoms with Crippen LogP contribution in [0.2, 0.25) is 0 Å². The molecule has 0 heterocycles. The average Bonchev–Trinajstić information content (AvgIpc) is 3.14. The SMILES string of the molecule is CC(NC(=S)Nc1ccccc1)C(=O)NC1CC1. The van der Waals surface area contributed by atoms with Crippen molar-refractivity contribution in [3.8, 4) is 0 Å². The van der Waals surface area contributed by atoms with Crippen molar-refractivity contribution >= 4 is 28.9 Å². The minimum Gasteiger partial charge on any atom is -0.352 e. The molecule has 3 N–H and O–H groups in total. The fourth-order valence-electron chi connectivity index (χ4n) is 1.50. The summed E-state index contributed by atoms with van der Waals surface area (Å²) in [5.41, 5.74) is 0.907. The number of nitrogens with one attached hydrogen (secondary N) is 3. The van der Waals surface area contributed by atoms with Crippen LogP contribution in [0.1, 0.15) is 19.8 Å². The lowest BCUT2D eigenvalue weighted by molar-refractivity contribution is -0.122. The van der Waals surface area contributed by atoms with Crippen LogP contribution in [0.15, 0.2) is 30.3 Å². The van der Waals surface area contributed by atoms with E-state index in [1.165, 1.54) is 0 Å². The highest BCUT2D eigenvalue weighted by Gasteiger charge is 2.25. The molecular formula is C13H17N3OS. The predicted molar refractivity (Wildman–Crippen MR) is 76.4 cm³/mol. The van der Waals surface area contributed by atoms with Gasteiger partial charge in [0.05, 0.1) is 0 Å². The summed E-state index contributed by atoms with van der Waals surface area (Å²) < 4.78 is 0. The van der Waals surface area contributed by atoms with E-state index in [9.17, 15) is 4.79 Å². The van der Waals surface area contributed by atoms with Crippen LogP contribution >= 0.6 is 12.2 Å². The Morgan fingerprint density at radius 1 is 1.33 bits per heavy atom. The maximum absolute atomic E-state index is 11.7. The number of hydrogen-bond acceptors (Lipinski definition) is 2. The Labute approximate surface area is 112 Å². The van der Waals surface area contributed by atoms with Gasteiger partial charge in [-0.15, -0.1) is 0 Å². The number of carbonyl (C=O) groups excluding carboxylic acids is 1. The molecule has 1 unspecified atom stereocenters. The summed E-state index contributed by atoms with van der Waals surface area (Å²) in [5.74, 6) is -0.00490. The van der Waals surface area contributed by atoms with Gasteiger partial charge in [-0.1, -0.05) is 18.2 Å². The molecule has 0 spiro atoms. The lowest BCUT2D eigenvalue weighted by Gasteiger charge is -2.16. The van der Waals surface area contributed by atoms with Crippen molar-refractivity contribution in [3.05, 3.63) is 30.3 Å². The van der Waals surface area contributed by atoms with Gasteiger partial charge in [-0.2, -0.15) is 0 Å². The normalized spacial score (nSPS) is 15.6. The van der Waals surface area contributed by atoms with Crippen LogP contribution < -0.4 is 16.0 Å². The zero-order valence-corrected chi connectivity index (χ0v) is 11.1. The van der Waals surface area contributed by atoms with Gasteiger partial charge in [0.2, 0.25) is 5.91 Å². The van der Waals surface area contributed by atoms with Crippen LogP contribution in [0, 0.1) is 0 Å². The van der Waals surface area contributed by atoms with Crippen molar-refractivity contribution in [1.82, 2.24) is 10.6 Å². The monoisotopic (exact) mass is 263 g/mol. The average molecular weight is 263 g/mol. The van der Waals surface area contributed by atoms with E-state index >= 15 is 0 Å². The lowest BCUT2D eigenvalue weighted by atomic mass is 10.3. The van der Waals surface area contributed by atoms with Gasteiger partial charge in [-0.25, -0.2) is 0 Å². The highest BCUT2D eigenvalue weighted by molar-refractivity contribution is 7.80. The Morgan fingerprint density at radius 3 is 2.61 bits per heavy atom. The van der Waals surface area contributed by atoms with Crippen LogP contribution in [-0.4, -0.2) is 23.1 Å². The van der Waals surface area contributed by atoms with Gasteiger partial charge in [0.15, 0.2) is 5.11 Å². The van der Waals surface area contributed by atoms with E-state index in [2.05, 4.69) is 16.0 Å². The van der Waals surface area contributed by atoms with Gasteiger partial charge >= 0.3 is 0 Å². The maximum Gasteiger partial charge on any atom is 0.242 e. The molecule has 1 saturated carbocycles. The van der Waals surface area contributed by atoms with Crippen molar-refractivity contribution in [3.63, 3.8) is 0 Å². The molecule has 1 fully saturated rings. The molecule has 1 amide bonds. The zero-order valence-electron chi connectivity index (χ0n) is 10.3. The highest BCUT2D eigenvalue weighted by Crippen LogP contribution is 2.18. The van der Waals surface area contributed by atoms with E-state index < -0.39 is 0 Å². The fourth-order valence-corrected chi connectivity index (χ4v) is 1.80. The number of para-hydroxylation sites is 1. The topological polar surface area (TPSA) is 53.2 Å². The van der Waals surface area contributed by atoms with Crippen molar-refractivity contribution in [1.29, 1.82) is 0 Å². The minimum absolute atomic E-state index is 0.00490. The molecule has 0 bridgehead atoms. The van der Waals surface area contributed by atoms with Crippen LogP contribution in [0.4, 0.5) is 5.69 Å². The molecule has 0 aromatic heterocycles. The number of thiocarbonyl (C=S) groups is 1. The fraction of sp³-hybridized carbons (Fsp3) is 0.385. The molecule has 0 aliphatic heterocycles. The molecule has 0 saturated heterocycles. The first kappa shape index (κ1) is 12.8. The number of anilines is 1. The Balaban J connectivity index is 1.77. The third-order valence-electron chi connectivity index (χ3n) is 2.70. The third kappa shape index (κ3) is 4.00. The molecule has 0 radical (unpaired) electrons. The summed E-state index contributed by atoms with van der Waals surface area (Å²) >= 11 is 5.16. The Hall–Kier alpha value is -1.62. The van der Waals surface area contributed by atoms with Crippen molar-refractivity contribution in [2.45, 2.75) is 31.8 Å². The minimum atomic E-state index is -0.325. The molecule has 1 aromatic rings. The van der Waals surface area contributed by atoms with E-state index in [-0.39, 0.29) is 11.9 Å². The number of carbonyl (C=O) groups is 1. The second-order valence-corrected chi connectivity index (χ2v) is 4.88. The molecule has 1 aromatic carbocycles. The smallest absolute Gasteiger partial charge is 0.242 e. The van der Waals surface area contributed by atoms with E-state index in [1.54, 1.807) is 6.92 Å². The molecule has 4 nitrogen and oxygen atoms in total. The van der Waals surface area contributed by atoms with Crippen molar-refractivity contribution < 1.29 is 4.79 Å². The second kappa shape index (κ2) is 5.82. The molecule has 1 atom stereocenters. The molecule has 1 aliphatic carbocycles. The first-order chi connectivity index (χ1) is 8.65. The summed E-state index contributed by atoms with van der Waals surface area (Å²) in [7, 11) is 0. The number of amides is 1. The lowest BCUT2D eigenvalue weighted by Crippen LogP contribution is -2.46. The second-order valence-electron chi connectivity index (χ2n) is 4.47. The third-order valence-corrected chi connectivity index (χ3v) is 2.92. The Kier molecular flexibility index (Phi) is 4.15. The first-order valence-corrected chi connectivity index (χ1v) is 6.49. The molecular weight excluding hydrogens is 246 g/mol. The molecule has 2 rings (SSSR count). The number of benzene rings is 1. The summed E-state index contributed by atoms with van der Waals surface area (Å²) in [6.07, 6.45) is 2.18. The van der Waals surface area contributed by atoms with Gasteiger partial charge in [0.25, 0.3) is 0 Å². The molecule has 18 heavy (non-hydrogen) atoms. The van der Waals surface area contributed by atoms with Crippen molar-refractivity contribution in [2.75, 3.05) is 5.32 Å². The van der Waals surface area contributed by atoms with Gasteiger partial charge in [-0.3, -0.25) is 4.79 Å². The van der Waals surface area contributed by atoms with E-state index in [1.807, 2.05) is 30.3 Å². The van der Waals surface area contributed by atoms with E-state index in [4.69, 9.17) is 12.2 Å². The van der Waals surface area contributed by atoms with Crippen molar-refractivity contribution in [2.24, 2.45) is 0 Å². The Morgan fingerprint density at radius 2 is 2.00 bits per heavy atom. The van der Waals surface area contributed by atoms with E-state index in [0.717, 1.165) is 18.5 Å². The summed E-state index contributed by atoms with van der Waals surface area (Å²) in [5, 5.41) is 9.40. The van der Waals surface area contributed by atoms with Crippen LogP contribution in [0.5, 0.6) is 0 Å². The van der Waals surface area contributed by atoms with E-state index in [0.29, 0.717) is 11.2 Å². The van der Waals surface area contributed by atoms with Crippen LogP contribution in [0.3, 0.4) is 0 Å². The first-order valence-electron chi connectivity index (χ1n) is 6.08. The highest BCUT2D eigenvalue weighted by atomic mass is 32.1. The van der Waals surface area contributed by atoms with Gasteiger partial charge in [-0.05, 0) is 44.1 Å². The molecule has 1 aliphatic rings. The van der Waals surface area contributed by atoms with Crippen LogP contribution in [-0.2, 0) is 4.79 Å². The predicted octanol–water partition coefficient (Wildman–Crippen LogP) is 1.64. The van der Waals surface area contributed by atoms with Gasteiger partial charge in [0, 0.05) is 11.7 Å². The van der Waals surface area contributed by atoms with Gasteiger partial charge in [0.1, 0.15) is 6.04 Å². The van der Waals surface area contributed by atoms with Crippen LogP contribution in [0.25, 0.3) is 0 Å². The summed E-state index contributed by atoms with van der Waals surface area (Å²) in [6.45, 7) is 1.80. The molecule has 5 heteroatoms. The maximum atomic E-state index is 11.7. The molecule has 96 valence electrons. The largest absolute Gasteiger partial charge is 0.352 e. The van der Waals surface area contributed by atoms with Gasteiger partial charge < -0.3 is 16.0 Å². The number of rotatable bonds is 4. The standard InChI is InChI=1S/C13H17N3OS/c1-9(12(17)15-11-7-8-11)14-13(18)16-10-5-3-2-4-6-10/h2-6,9,11H,7-8H2,1H3,(H,15,17)(H2,14,16,18). The zero-order chi connectivity index (χ0) is 13.0. The summed E-state index contributed by atoms with van der Waals surface area (Å²) in [4.78, 5) is 11.7. The number of hydrogen-bond donors (Lipinski definition) is 3.